The number of anilines is 1. The standard InChI is InChI=1S/C22H20N2O5S/c25-22(26)17-6-10-18(11-7-17)24-21-20(29-21)14-23-30(27,28)19-12-8-16(9-13-19)15-4-2-1-3-5-15/h1-13,20-21,23-24H,14H2,(H,25,26). The molecule has 4 rings (SSSR count). The van der Waals surface area contributed by atoms with Gasteiger partial charge in [0.15, 0.2) is 6.23 Å². The number of benzene rings is 3. The molecule has 1 fully saturated rings. The molecule has 0 spiro atoms. The van der Waals surface area contributed by atoms with Crippen molar-refractivity contribution in [1.82, 2.24) is 4.72 Å². The van der Waals surface area contributed by atoms with E-state index in [0.29, 0.717) is 5.69 Å². The van der Waals surface area contributed by atoms with Gasteiger partial charge in [0.25, 0.3) is 0 Å². The molecule has 0 aliphatic carbocycles. The van der Waals surface area contributed by atoms with E-state index in [-0.39, 0.29) is 29.3 Å². The quantitative estimate of drug-likeness (QED) is 0.480. The van der Waals surface area contributed by atoms with Crippen molar-refractivity contribution < 1.29 is 23.1 Å². The molecule has 7 nitrogen and oxygen atoms in total. The largest absolute Gasteiger partial charge is 0.478 e. The lowest BCUT2D eigenvalue weighted by atomic mass is 10.1. The van der Waals surface area contributed by atoms with Crippen LogP contribution in [0.2, 0.25) is 0 Å². The number of hydrogen-bond acceptors (Lipinski definition) is 5. The van der Waals surface area contributed by atoms with Crippen molar-refractivity contribution in [2.45, 2.75) is 17.2 Å². The molecule has 3 N–H and O–H groups in total. The van der Waals surface area contributed by atoms with Crippen molar-refractivity contribution >= 4 is 21.7 Å². The molecule has 1 saturated heterocycles. The molecule has 3 aromatic rings. The summed E-state index contributed by atoms with van der Waals surface area (Å²) >= 11 is 0. The second-order valence-corrected chi connectivity index (χ2v) is 8.63. The molecule has 2 unspecified atom stereocenters. The fraction of sp³-hybridized carbons (Fsp3) is 0.136. The Morgan fingerprint density at radius 1 is 0.900 bits per heavy atom. The van der Waals surface area contributed by atoms with E-state index < -0.39 is 16.0 Å². The second kappa shape index (κ2) is 8.27. The summed E-state index contributed by atoms with van der Waals surface area (Å²) in [5.74, 6) is -0.992. The molecule has 0 radical (unpaired) electrons. The molecular weight excluding hydrogens is 404 g/mol. The Balaban J connectivity index is 1.31. The number of epoxide rings is 1. The lowest BCUT2D eigenvalue weighted by molar-refractivity contribution is 0.0697. The number of carboxylic acids is 1. The summed E-state index contributed by atoms with van der Waals surface area (Å²) in [6, 6.07) is 22.7. The second-order valence-electron chi connectivity index (χ2n) is 6.86. The minimum Gasteiger partial charge on any atom is -0.478 e. The molecular formula is C22H20N2O5S. The van der Waals surface area contributed by atoms with Crippen LogP contribution >= 0.6 is 0 Å². The van der Waals surface area contributed by atoms with E-state index in [9.17, 15) is 13.2 Å². The Bertz CT molecular complexity index is 1130. The van der Waals surface area contributed by atoms with Gasteiger partial charge >= 0.3 is 5.97 Å². The highest BCUT2D eigenvalue weighted by Gasteiger charge is 2.39. The summed E-state index contributed by atoms with van der Waals surface area (Å²) in [7, 11) is -3.65. The molecule has 0 aromatic heterocycles. The van der Waals surface area contributed by atoms with Gasteiger partial charge in [0.2, 0.25) is 10.0 Å². The number of ether oxygens (including phenoxy) is 1. The predicted octanol–water partition coefficient (Wildman–Crippen LogP) is 3.17. The van der Waals surface area contributed by atoms with Crippen LogP contribution in [0.3, 0.4) is 0 Å². The summed E-state index contributed by atoms with van der Waals surface area (Å²) in [4.78, 5) is 11.1. The van der Waals surface area contributed by atoms with E-state index in [1.165, 1.54) is 12.1 Å². The molecule has 0 amide bonds. The molecule has 1 aliphatic rings. The Labute approximate surface area is 174 Å². The lowest BCUT2D eigenvalue weighted by Crippen LogP contribution is -2.29. The van der Waals surface area contributed by atoms with Crippen LogP contribution in [0.15, 0.2) is 83.8 Å². The summed E-state index contributed by atoms with van der Waals surface area (Å²) in [5, 5.41) is 12.0. The molecule has 154 valence electrons. The first-order chi connectivity index (χ1) is 14.4. The van der Waals surface area contributed by atoms with E-state index in [4.69, 9.17) is 9.84 Å². The van der Waals surface area contributed by atoms with Gasteiger partial charge in [-0.3, -0.25) is 0 Å². The van der Waals surface area contributed by atoms with Crippen LogP contribution in [0, 0.1) is 0 Å². The van der Waals surface area contributed by atoms with Gasteiger partial charge in [-0.25, -0.2) is 17.9 Å². The number of sulfonamides is 1. The summed E-state index contributed by atoms with van der Waals surface area (Å²) in [6.45, 7) is 0.133. The van der Waals surface area contributed by atoms with Crippen molar-refractivity contribution in [3.8, 4) is 11.1 Å². The third-order valence-electron chi connectivity index (χ3n) is 4.77. The first-order valence-electron chi connectivity index (χ1n) is 9.33. The smallest absolute Gasteiger partial charge is 0.335 e. The number of carbonyl (C=O) groups is 1. The van der Waals surface area contributed by atoms with Crippen LogP contribution < -0.4 is 10.0 Å². The fourth-order valence-corrected chi connectivity index (χ4v) is 4.08. The predicted molar refractivity (Wildman–Crippen MR) is 113 cm³/mol. The third-order valence-corrected chi connectivity index (χ3v) is 6.21. The van der Waals surface area contributed by atoms with Gasteiger partial charge < -0.3 is 15.2 Å². The van der Waals surface area contributed by atoms with E-state index in [2.05, 4.69) is 10.0 Å². The monoisotopic (exact) mass is 424 g/mol. The lowest BCUT2D eigenvalue weighted by Gasteiger charge is -2.07. The summed E-state index contributed by atoms with van der Waals surface area (Å²) in [6.07, 6.45) is -0.633. The van der Waals surface area contributed by atoms with Crippen LogP contribution in [0.25, 0.3) is 11.1 Å². The van der Waals surface area contributed by atoms with Crippen LogP contribution in [0.1, 0.15) is 10.4 Å². The van der Waals surface area contributed by atoms with Crippen LogP contribution in [0.5, 0.6) is 0 Å². The maximum Gasteiger partial charge on any atom is 0.335 e. The van der Waals surface area contributed by atoms with Crippen molar-refractivity contribution in [3.05, 3.63) is 84.4 Å². The zero-order chi connectivity index (χ0) is 21.1. The van der Waals surface area contributed by atoms with Crippen LogP contribution in [-0.2, 0) is 14.8 Å². The molecule has 3 aromatic carbocycles. The van der Waals surface area contributed by atoms with Crippen LogP contribution in [0.4, 0.5) is 5.69 Å². The number of aromatic carboxylic acids is 1. The average Bonchev–Trinajstić information content (AvgIpc) is 3.51. The number of carboxylic acid groups (broad SMARTS) is 1. The summed E-state index contributed by atoms with van der Waals surface area (Å²) < 4.78 is 33.1. The van der Waals surface area contributed by atoms with E-state index in [0.717, 1.165) is 11.1 Å². The van der Waals surface area contributed by atoms with Crippen LogP contribution in [-0.4, -0.2) is 38.4 Å². The molecule has 0 saturated carbocycles. The van der Waals surface area contributed by atoms with Gasteiger partial charge in [0, 0.05) is 12.2 Å². The van der Waals surface area contributed by atoms with Gasteiger partial charge in [-0.15, -0.1) is 0 Å². The molecule has 1 aliphatic heterocycles. The Kier molecular flexibility index (Phi) is 5.54. The normalized spacial score (nSPS) is 18.0. The highest BCUT2D eigenvalue weighted by atomic mass is 32.2. The minimum atomic E-state index is -3.65. The van der Waals surface area contributed by atoms with E-state index >= 15 is 0 Å². The van der Waals surface area contributed by atoms with Crippen molar-refractivity contribution in [1.29, 1.82) is 0 Å². The topological polar surface area (TPSA) is 108 Å². The molecule has 30 heavy (non-hydrogen) atoms. The number of rotatable bonds is 8. The van der Waals surface area contributed by atoms with Gasteiger partial charge in [0.1, 0.15) is 6.10 Å². The minimum absolute atomic E-state index is 0.133. The highest BCUT2D eigenvalue weighted by Crippen LogP contribution is 2.25. The van der Waals surface area contributed by atoms with Gasteiger partial charge in [0.05, 0.1) is 10.5 Å². The Hall–Kier alpha value is -3.20. The van der Waals surface area contributed by atoms with Crippen molar-refractivity contribution in [2.24, 2.45) is 0 Å². The van der Waals surface area contributed by atoms with Crippen molar-refractivity contribution in [2.75, 3.05) is 11.9 Å². The summed E-state index contributed by atoms with van der Waals surface area (Å²) in [5.41, 5.74) is 2.86. The average molecular weight is 424 g/mol. The molecule has 2 atom stereocenters. The Morgan fingerprint density at radius 3 is 2.17 bits per heavy atom. The highest BCUT2D eigenvalue weighted by molar-refractivity contribution is 7.89. The molecule has 8 heteroatoms. The third kappa shape index (κ3) is 4.68. The maximum atomic E-state index is 12.5. The Morgan fingerprint density at radius 2 is 1.53 bits per heavy atom. The van der Waals surface area contributed by atoms with E-state index in [1.807, 2.05) is 30.3 Å². The SMILES string of the molecule is O=C(O)c1ccc(NC2OC2CNS(=O)(=O)c2ccc(-c3ccccc3)cc2)cc1. The number of nitrogens with one attached hydrogen (secondary N) is 2. The number of hydrogen-bond donors (Lipinski definition) is 3. The van der Waals surface area contributed by atoms with Gasteiger partial charge in [-0.2, -0.15) is 0 Å². The first-order valence-corrected chi connectivity index (χ1v) is 10.8. The molecule has 1 heterocycles. The first kappa shape index (κ1) is 20.1. The van der Waals surface area contributed by atoms with Crippen molar-refractivity contribution in [3.63, 3.8) is 0 Å². The maximum absolute atomic E-state index is 12.5. The fourth-order valence-electron chi connectivity index (χ4n) is 3.03. The zero-order valence-electron chi connectivity index (χ0n) is 15.9. The van der Waals surface area contributed by atoms with Gasteiger partial charge in [-0.1, -0.05) is 42.5 Å². The zero-order valence-corrected chi connectivity index (χ0v) is 16.7. The van der Waals surface area contributed by atoms with E-state index in [1.54, 1.807) is 36.4 Å². The molecule has 0 bridgehead atoms. The van der Waals surface area contributed by atoms with Gasteiger partial charge in [-0.05, 0) is 47.5 Å².